The molecule has 1 amide bonds. The van der Waals surface area contributed by atoms with E-state index in [9.17, 15) is 9.59 Å². The van der Waals surface area contributed by atoms with Crippen LogP contribution in [0.25, 0.3) is 22.3 Å². The third-order valence-electron chi connectivity index (χ3n) is 4.74. The number of rotatable bonds is 5. The molecule has 0 bridgehead atoms. The molecule has 0 saturated heterocycles. The van der Waals surface area contributed by atoms with Crippen molar-refractivity contribution in [2.75, 3.05) is 11.9 Å². The number of amides is 1. The second-order valence-electron chi connectivity index (χ2n) is 6.96. The average Bonchev–Trinajstić information content (AvgIpc) is 2.76. The minimum Gasteiger partial charge on any atom is -0.494 e. The number of hydrogen-bond acceptors (Lipinski definition) is 4. The molecule has 0 unspecified atom stereocenters. The molecule has 30 heavy (non-hydrogen) atoms. The normalized spacial score (nSPS) is 10.7. The summed E-state index contributed by atoms with van der Waals surface area (Å²) in [7, 11) is 0. The van der Waals surface area contributed by atoms with E-state index < -0.39 is 0 Å². The van der Waals surface area contributed by atoms with E-state index in [1.807, 2.05) is 38.1 Å². The van der Waals surface area contributed by atoms with Gasteiger partial charge in [-0.1, -0.05) is 23.8 Å². The maximum absolute atomic E-state index is 12.5. The molecule has 3 aromatic carbocycles. The van der Waals surface area contributed by atoms with Crippen LogP contribution < -0.4 is 15.5 Å². The van der Waals surface area contributed by atoms with Crippen molar-refractivity contribution in [3.63, 3.8) is 0 Å². The van der Waals surface area contributed by atoms with E-state index in [4.69, 9.17) is 9.15 Å². The van der Waals surface area contributed by atoms with Crippen molar-refractivity contribution in [2.24, 2.45) is 0 Å². The Bertz CT molecular complexity index is 1260. The summed E-state index contributed by atoms with van der Waals surface area (Å²) >= 11 is 0. The summed E-state index contributed by atoms with van der Waals surface area (Å²) in [5, 5.41) is 3.42. The largest absolute Gasteiger partial charge is 0.494 e. The van der Waals surface area contributed by atoms with Crippen molar-refractivity contribution < 1.29 is 13.9 Å². The predicted octanol–water partition coefficient (Wildman–Crippen LogP) is 5.42. The number of carbonyl (C=O) groups excluding carboxylic acids is 1. The number of hydrogen-bond donors (Lipinski definition) is 1. The van der Waals surface area contributed by atoms with Crippen LogP contribution in [0, 0.1) is 6.92 Å². The zero-order valence-electron chi connectivity index (χ0n) is 16.8. The molecule has 4 aromatic rings. The number of anilines is 1. The lowest BCUT2D eigenvalue weighted by atomic mass is 10.1. The van der Waals surface area contributed by atoms with E-state index in [0.29, 0.717) is 34.6 Å². The van der Waals surface area contributed by atoms with Gasteiger partial charge in [0.25, 0.3) is 5.91 Å². The number of aryl methyl sites for hydroxylation is 1. The molecule has 0 aliphatic rings. The van der Waals surface area contributed by atoms with Crippen molar-refractivity contribution in [2.45, 2.75) is 13.8 Å². The molecule has 150 valence electrons. The van der Waals surface area contributed by atoms with Crippen LogP contribution in [0.15, 0.2) is 82.0 Å². The Hall–Kier alpha value is -3.86. The lowest BCUT2D eigenvalue weighted by Gasteiger charge is -2.08. The van der Waals surface area contributed by atoms with Gasteiger partial charge in [-0.25, -0.2) is 0 Å². The van der Waals surface area contributed by atoms with Crippen LogP contribution in [0.1, 0.15) is 22.8 Å². The van der Waals surface area contributed by atoms with Gasteiger partial charge in [-0.15, -0.1) is 0 Å². The average molecular weight is 399 g/mol. The monoisotopic (exact) mass is 399 g/mol. The van der Waals surface area contributed by atoms with Gasteiger partial charge in [0, 0.05) is 22.9 Å². The molecule has 0 radical (unpaired) electrons. The van der Waals surface area contributed by atoms with Gasteiger partial charge in [0.05, 0.1) is 12.0 Å². The van der Waals surface area contributed by atoms with Crippen LogP contribution in [-0.4, -0.2) is 12.5 Å². The Morgan fingerprint density at radius 1 is 0.967 bits per heavy atom. The zero-order valence-corrected chi connectivity index (χ0v) is 16.8. The smallest absolute Gasteiger partial charge is 0.255 e. The Morgan fingerprint density at radius 3 is 2.40 bits per heavy atom. The highest BCUT2D eigenvalue weighted by Gasteiger charge is 2.10. The molecule has 0 fully saturated rings. The minimum absolute atomic E-state index is 0.0905. The summed E-state index contributed by atoms with van der Waals surface area (Å²) < 4.78 is 11.3. The molecule has 0 spiro atoms. The van der Waals surface area contributed by atoms with E-state index in [-0.39, 0.29) is 11.3 Å². The molecule has 1 N–H and O–H groups in total. The number of carbonyl (C=O) groups is 1. The third kappa shape index (κ3) is 4.10. The van der Waals surface area contributed by atoms with Gasteiger partial charge < -0.3 is 14.5 Å². The van der Waals surface area contributed by atoms with Crippen LogP contribution in [0.4, 0.5) is 5.69 Å². The number of nitrogens with one attached hydrogen (secondary N) is 1. The van der Waals surface area contributed by atoms with Crippen molar-refractivity contribution in [1.82, 2.24) is 0 Å². The maximum atomic E-state index is 12.5. The first-order chi connectivity index (χ1) is 14.5. The number of ether oxygens (including phenoxy) is 1. The molecule has 5 heteroatoms. The maximum Gasteiger partial charge on any atom is 0.255 e. The lowest BCUT2D eigenvalue weighted by Crippen LogP contribution is -2.11. The molecule has 4 rings (SSSR count). The molecule has 0 saturated carbocycles. The Kier molecular flexibility index (Phi) is 5.35. The summed E-state index contributed by atoms with van der Waals surface area (Å²) in [5.41, 5.74) is 3.38. The molecule has 0 aliphatic heterocycles. The molecular formula is C25H21NO4. The summed E-state index contributed by atoms with van der Waals surface area (Å²) in [6.45, 7) is 4.45. The highest BCUT2D eigenvalue weighted by molar-refractivity contribution is 6.04. The van der Waals surface area contributed by atoms with Gasteiger partial charge in [-0.05, 0) is 62.4 Å². The van der Waals surface area contributed by atoms with Gasteiger partial charge in [0.2, 0.25) is 0 Å². The fraction of sp³-hybridized carbons (Fsp3) is 0.120. The van der Waals surface area contributed by atoms with E-state index >= 15 is 0 Å². The van der Waals surface area contributed by atoms with Crippen LogP contribution in [0.3, 0.4) is 0 Å². The van der Waals surface area contributed by atoms with Crippen LogP contribution in [0.5, 0.6) is 5.75 Å². The first kappa shape index (κ1) is 19.5. The van der Waals surface area contributed by atoms with Crippen molar-refractivity contribution in [1.29, 1.82) is 0 Å². The summed E-state index contributed by atoms with van der Waals surface area (Å²) in [5.74, 6) is 1.00. The fourth-order valence-electron chi connectivity index (χ4n) is 3.20. The molecule has 0 aliphatic carbocycles. The molecule has 1 heterocycles. The Labute approximate surface area is 173 Å². The van der Waals surface area contributed by atoms with Crippen molar-refractivity contribution in [3.05, 3.63) is 94.1 Å². The van der Waals surface area contributed by atoms with E-state index in [2.05, 4.69) is 5.32 Å². The number of fused-ring (bicyclic) bond motifs is 1. The second kappa shape index (κ2) is 8.25. The number of benzene rings is 3. The van der Waals surface area contributed by atoms with Crippen LogP contribution >= 0.6 is 0 Å². The molecule has 5 nitrogen and oxygen atoms in total. The first-order valence-electron chi connectivity index (χ1n) is 9.72. The van der Waals surface area contributed by atoms with Crippen molar-refractivity contribution in [3.8, 4) is 17.1 Å². The standard InChI is InChI=1S/C25H21NO4/c1-3-29-20-11-9-19(10-12-20)26-25(28)18-7-5-17(6-8-18)24-15-22(27)21-14-16(2)4-13-23(21)30-24/h4-15H,3H2,1-2H3,(H,26,28). The quantitative estimate of drug-likeness (QED) is 0.487. The lowest BCUT2D eigenvalue weighted by molar-refractivity contribution is 0.102. The van der Waals surface area contributed by atoms with Crippen molar-refractivity contribution >= 4 is 22.6 Å². The highest BCUT2D eigenvalue weighted by Crippen LogP contribution is 2.23. The highest BCUT2D eigenvalue weighted by atomic mass is 16.5. The Morgan fingerprint density at radius 2 is 1.70 bits per heavy atom. The fourth-order valence-corrected chi connectivity index (χ4v) is 3.20. The van der Waals surface area contributed by atoms with Gasteiger partial charge in [-0.2, -0.15) is 0 Å². The minimum atomic E-state index is -0.221. The third-order valence-corrected chi connectivity index (χ3v) is 4.74. The molecule has 1 aromatic heterocycles. The summed E-state index contributed by atoms with van der Waals surface area (Å²) in [4.78, 5) is 25.0. The van der Waals surface area contributed by atoms with Gasteiger partial charge in [0.1, 0.15) is 17.1 Å². The van der Waals surface area contributed by atoms with Gasteiger partial charge in [0.15, 0.2) is 5.43 Å². The van der Waals surface area contributed by atoms with Gasteiger partial charge >= 0.3 is 0 Å². The van der Waals surface area contributed by atoms with Crippen LogP contribution in [0.2, 0.25) is 0 Å². The first-order valence-corrected chi connectivity index (χ1v) is 9.72. The zero-order chi connectivity index (χ0) is 21.1. The summed E-state index contributed by atoms with van der Waals surface area (Å²) in [6, 6.07) is 21.2. The van der Waals surface area contributed by atoms with E-state index in [1.165, 1.54) is 6.07 Å². The van der Waals surface area contributed by atoms with E-state index in [1.54, 1.807) is 42.5 Å². The van der Waals surface area contributed by atoms with E-state index in [0.717, 1.165) is 16.9 Å². The van der Waals surface area contributed by atoms with Gasteiger partial charge in [-0.3, -0.25) is 9.59 Å². The SMILES string of the molecule is CCOc1ccc(NC(=O)c2ccc(-c3cc(=O)c4cc(C)ccc4o3)cc2)cc1. The molecular weight excluding hydrogens is 378 g/mol. The molecule has 0 atom stereocenters. The predicted molar refractivity (Wildman–Crippen MR) is 118 cm³/mol. The second-order valence-corrected chi connectivity index (χ2v) is 6.96. The van der Waals surface area contributed by atoms with Crippen LogP contribution in [-0.2, 0) is 0 Å². The topological polar surface area (TPSA) is 68.5 Å². The Balaban J connectivity index is 1.53. The summed E-state index contributed by atoms with van der Waals surface area (Å²) in [6.07, 6.45) is 0.